The van der Waals surface area contributed by atoms with E-state index in [1.54, 1.807) is 30.3 Å². The fraction of sp³-hybridized carbons (Fsp3) is 0.465. The van der Waals surface area contributed by atoms with Gasteiger partial charge in [-0.25, -0.2) is 4.39 Å². The Morgan fingerprint density at radius 1 is 0.867 bits per heavy atom. The zero-order valence-corrected chi connectivity index (χ0v) is 34.0. The number of benzene rings is 2. The van der Waals surface area contributed by atoms with Crippen LogP contribution in [0.3, 0.4) is 0 Å². The number of anilines is 2. The van der Waals surface area contributed by atoms with Crippen molar-refractivity contribution in [2.75, 3.05) is 69.5 Å². The van der Waals surface area contributed by atoms with Crippen LogP contribution in [-0.2, 0) is 24.0 Å². The number of halogens is 1. The van der Waals surface area contributed by atoms with Crippen molar-refractivity contribution in [3.05, 3.63) is 76.3 Å². The third-order valence-electron chi connectivity index (χ3n) is 11.9. The number of imide groups is 2. The topological polar surface area (TPSA) is 201 Å². The SMILES string of the molecule is CC1=C(C(=O)NCCCN2CCN(CCNC(=O)CCCCNc3cccc4c3C(=O)N(C3CCC(=O)NC3=O)C4=O)CC2)C(C)C(/C=C2\C(=O)Nc3ccc(F)cc32)N1. The van der Waals surface area contributed by atoms with E-state index in [-0.39, 0.29) is 53.6 Å². The molecular weight excluding hydrogens is 774 g/mol. The van der Waals surface area contributed by atoms with Crippen LogP contribution in [-0.4, -0.2) is 127 Å². The van der Waals surface area contributed by atoms with E-state index >= 15 is 0 Å². The smallest absolute Gasteiger partial charge is 0.264 e. The molecule has 60 heavy (non-hydrogen) atoms. The first-order valence-corrected chi connectivity index (χ1v) is 20.8. The maximum absolute atomic E-state index is 13.9. The second kappa shape index (κ2) is 18.5. The number of nitrogens with zero attached hydrogens (tertiary/aromatic N) is 3. The normalized spacial score (nSPS) is 22.4. The van der Waals surface area contributed by atoms with Gasteiger partial charge in [0.2, 0.25) is 23.6 Å². The molecule has 7 amide bonds. The molecule has 5 aliphatic heterocycles. The van der Waals surface area contributed by atoms with Gasteiger partial charge in [0.1, 0.15) is 11.9 Å². The first-order chi connectivity index (χ1) is 28.9. The quantitative estimate of drug-likeness (QED) is 0.0822. The first-order valence-electron chi connectivity index (χ1n) is 20.8. The molecule has 17 heteroatoms. The molecule has 0 radical (unpaired) electrons. The number of allylic oxidation sites excluding steroid dienone is 1. The van der Waals surface area contributed by atoms with Gasteiger partial charge in [0.05, 0.1) is 17.2 Å². The van der Waals surface area contributed by atoms with E-state index in [1.165, 1.54) is 12.1 Å². The van der Waals surface area contributed by atoms with Crippen molar-refractivity contribution in [1.82, 2.24) is 36.0 Å². The van der Waals surface area contributed by atoms with E-state index in [4.69, 9.17) is 0 Å². The number of nitrogens with one attached hydrogen (secondary N) is 6. The van der Waals surface area contributed by atoms with Crippen LogP contribution in [0.2, 0.25) is 0 Å². The fourth-order valence-electron chi connectivity index (χ4n) is 8.62. The summed E-state index contributed by atoms with van der Waals surface area (Å²) >= 11 is 0. The number of piperazine rings is 1. The lowest BCUT2D eigenvalue weighted by molar-refractivity contribution is -0.136. The zero-order valence-electron chi connectivity index (χ0n) is 34.0. The molecule has 0 aliphatic carbocycles. The molecule has 6 N–H and O–H groups in total. The van der Waals surface area contributed by atoms with Gasteiger partial charge < -0.3 is 31.5 Å². The summed E-state index contributed by atoms with van der Waals surface area (Å²) in [5.41, 5.74) is 3.82. The molecule has 3 atom stereocenters. The Labute approximate surface area is 347 Å². The van der Waals surface area contributed by atoms with Crippen LogP contribution in [0.1, 0.15) is 78.7 Å². The van der Waals surface area contributed by atoms with E-state index < -0.39 is 35.5 Å². The predicted octanol–water partition coefficient (Wildman–Crippen LogP) is 1.97. The minimum atomic E-state index is -1.02. The summed E-state index contributed by atoms with van der Waals surface area (Å²) in [7, 11) is 0. The Balaban J connectivity index is 0.739. The average molecular weight is 826 g/mol. The molecular formula is C43H52FN9O7. The number of hydrogen-bond donors (Lipinski definition) is 6. The number of rotatable bonds is 16. The number of piperidine rings is 1. The Hall–Kier alpha value is -5.94. The Bertz CT molecular complexity index is 2150. The van der Waals surface area contributed by atoms with Crippen LogP contribution in [0, 0.1) is 11.7 Å². The van der Waals surface area contributed by atoms with Crippen LogP contribution in [0.25, 0.3) is 5.57 Å². The van der Waals surface area contributed by atoms with Gasteiger partial charge in [-0.2, -0.15) is 0 Å². The van der Waals surface area contributed by atoms with Gasteiger partial charge in [0.15, 0.2) is 0 Å². The minimum Gasteiger partial charge on any atom is -0.384 e. The summed E-state index contributed by atoms with van der Waals surface area (Å²) in [4.78, 5) is 94.3. The summed E-state index contributed by atoms with van der Waals surface area (Å²) in [5, 5.41) is 17.6. The molecule has 2 fully saturated rings. The van der Waals surface area contributed by atoms with E-state index in [9.17, 15) is 38.0 Å². The Morgan fingerprint density at radius 3 is 2.40 bits per heavy atom. The van der Waals surface area contributed by atoms with Gasteiger partial charge in [-0.1, -0.05) is 13.0 Å². The number of fused-ring (bicyclic) bond motifs is 2. The van der Waals surface area contributed by atoms with E-state index in [0.717, 1.165) is 56.3 Å². The van der Waals surface area contributed by atoms with Crippen molar-refractivity contribution in [3.63, 3.8) is 0 Å². The van der Waals surface area contributed by atoms with Gasteiger partial charge in [-0.3, -0.25) is 48.7 Å². The number of carbonyl (C=O) groups is 7. The van der Waals surface area contributed by atoms with Gasteiger partial charge in [-0.15, -0.1) is 0 Å². The van der Waals surface area contributed by atoms with Crippen molar-refractivity contribution < 1.29 is 38.0 Å². The van der Waals surface area contributed by atoms with Crippen molar-refractivity contribution in [2.24, 2.45) is 5.92 Å². The van der Waals surface area contributed by atoms with Crippen LogP contribution < -0.4 is 31.9 Å². The maximum atomic E-state index is 13.9. The van der Waals surface area contributed by atoms with E-state index in [2.05, 4.69) is 41.7 Å². The third-order valence-corrected chi connectivity index (χ3v) is 11.9. The average Bonchev–Trinajstić information content (AvgIpc) is 3.78. The summed E-state index contributed by atoms with van der Waals surface area (Å²) in [6.07, 6.45) is 4.39. The Kier molecular flexibility index (Phi) is 13.0. The monoisotopic (exact) mass is 825 g/mol. The first kappa shape index (κ1) is 42.2. The molecule has 3 unspecified atom stereocenters. The molecule has 0 bridgehead atoms. The second-order valence-electron chi connectivity index (χ2n) is 15.9. The molecule has 2 aromatic rings. The molecule has 16 nitrogen and oxygen atoms in total. The van der Waals surface area contributed by atoms with Crippen LogP contribution in [0.5, 0.6) is 0 Å². The molecule has 7 rings (SSSR count). The predicted molar refractivity (Wildman–Crippen MR) is 221 cm³/mol. The fourth-order valence-corrected chi connectivity index (χ4v) is 8.62. The second-order valence-corrected chi connectivity index (χ2v) is 15.9. The highest BCUT2D eigenvalue weighted by atomic mass is 19.1. The standard InChI is InChI=1S/C43H52FN9O7/c1-25-33(24-30-29-23-27(44)10-11-31(29)49-39(30)56)48-26(2)37(25)41(58)47-15-6-17-51-19-21-52(22-20-51)18-16-46-35(54)9-3-4-14-45-32-8-5-7-28-38(32)43(60)53(42(28)59)34-12-13-36(55)50-40(34)57/h5,7-8,10-11,23-25,33-34,45,48H,3-4,6,9,12-22H2,1-2H3,(H,46,54)(H,47,58)(H,49,56)(H,50,55,57)/b30-24-. The molecule has 2 aromatic carbocycles. The highest BCUT2D eigenvalue weighted by molar-refractivity contribution is 6.31. The lowest BCUT2D eigenvalue weighted by Gasteiger charge is -2.34. The van der Waals surface area contributed by atoms with Crippen LogP contribution >= 0.6 is 0 Å². The number of hydrogen-bond acceptors (Lipinski definition) is 11. The van der Waals surface area contributed by atoms with Crippen LogP contribution in [0.4, 0.5) is 15.8 Å². The zero-order chi connectivity index (χ0) is 42.5. The van der Waals surface area contributed by atoms with Gasteiger partial charge in [0, 0.05) is 105 Å². The molecule has 0 saturated carbocycles. The van der Waals surface area contributed by atoms with Crippen molar-refractivity contribution >= 4 is 58.3 Å². The minimum absolute atomic E-state index is 0.0260. The molecule has 2 saturated heterocycles. The number of unbranched alkanes of at least 4 members (excludes halogenated alkanes) is 1. The lowest BCUT2D eigenvalue weighted by Crippen LogP contribution is -2.54. The van der Waals surface area contributed by atoms with Gasteiger partial charge in [0.25, 0.3) is 17.7 Å². The molecule has 0 aromatic heterocycles. The highest BCUT2D eigenvalue weighted by Crippen LogP contribution is 2.36. The third kappa shape index (κ3) is 9.26. The van der Waals surface area contributed by atoms with Crippen molar-refractivity contribution in [2.45, 2.75) is 64.5 Å². The molecule has 5 aliphatic rings. The van der Waals surface area contributed by atoms with Crippen LogP contribution in [0.15, 0.2) is 53.7 Å². The molecule has 5 heterocycles. The summed E-state index contributed by atoms with van der Waals surface area (Å²) < 4.78 is 13.9. The van der Waals surface area contributed by atoms with Crippen molar-refractivity contribution in [3.8, 4) is 0 Å². The lowest BCUT2D eigenvalue weighted by atomic mass is 9.93. The summed E-state index contributed by atoms with van der Waals surface area (Å²) in [6.45, 7) is 10.6. The highest BCUT2D eigenvalue weighted by Gasteiger charge is 2.45. The molecule has 0 spiro atoms. The molecule has 318 valence electrons. The number of carbonyl (C=O) groups excluding carboxylic acids is 7. The van der Waals surface area contributed by atoms with Gasteiger partial charge in [-0.05, 0) is 75.6 Å². The maximum Gasteiger partial charge on any atom is 0.264 e. The largest absolute Gasteiger partial charge is 0.384 e. The van der Waals surface area contributed by atoms with Crippen molar-refractivity contribution in [1.29, 1.82) is 0 Å². The summed E-state index contributed by atoms with van der Waals surface area (Å²) in [6, 6.07) is 7.84. The summed E-state index contributed by atoms with van der Waals surface area (Å²) in [5.74, 6) is -3.24. The van der Waals surface area contributed by atoms with E-state index in [1.807, 2.05) is 13.8 Å². The Morgan fingerprint density at radius 2 is 1.63 bits per heavy atom. The number of amides is 7. The van der Waals surface area contributed by atoms with Gasteiger partial charge >= 0.3 is 0 Å². The van der Waals surface area contributed by atoms with E-state index in [0.29, 0.717) is 67.0 Å².